The second kappa shape index (κ2) is 8.25. The average molecular weight is 284 g/mol. The Balaban J connectivity index is 2.44. The molecule has 20 heavy (non-hydrogen) atoms. The van der Waals surface area contributed by atoms with Crippen molar-refractivity contribution < 1.29 is 14.7 Å². The number of aliphatic carboxylic acids is 1. The summed E-state index contributed by atoms with van der Waals surface area (Å²) in [7, 11) is 0. The molecule has 0 saturated heterocycles. The Labute approximate surface area is 121 Å². The van der Waals surface area contributed by atoms with Gasteiger partial charge in [-0.15, -0.1) is 0 Å². The molecule has 5 nitrogen and oxygen atoms in total. The molecule has 1 aliphatic rings. The third-order valence-corrected chi connectivity index (χ3v) is 3.99. The van der Waals surface area contributed by atoms with Crippen LogP contribution in [-0.2, 0) is 9.59 Å². The van der Waals surface area contributed by atoms with Gasteiger partial charge in [0.15, 0.2) is 0 Å². The van der Waals surface area contributed by atoms with E-state index < -0.39 is 5.97 Å². The van der Waals surface area contributed by atoms with Crippen molar-refractivity contribution in [2.45, 2.75) is 58.4 Å². The summed E-state index contributed by atoms with van der Waals surface area (Å²) in [5, 5.41) is 11.8. The molecule has 116 valence electrons. The van der Waals surface area contributed by atoms with Crippen LogP contribution in [0.2, 0.25) is 0 Å². The first-order valence-corrected chi connectivity index (χ1v) is 7.65. The zero-order chi connectivity index (χ0) is 15.1. The highest BCUT2D eigenvalue weighted by molar-refractivity contribution is 5.79. The van der Waals surface area contributed by atoms with Crippen LogP contribution in [0.25, 0.3) is 0 Å². The van der Waals surface area contributed by atoms with E-state index >= 15 is 0 Å². The van der Waals surface area contributed by atoms with Crippen LogP contribution in [0.15, 0.2) is 0 Å². The van der Waals surface area contributed by atoms with Gasteiger partial charge >= 0.3 is 5.97 Å². The van der Waals surface area contributed by atoms with E-state index in [4.69, 9.17) is 10.8 Å². The first-order valence-electron chi connectivity index (χ1n) is 7.65. The molecule has 0 aliphatic heterocycles. The number of amides is 1. The number of carboxylic acids is 1. The normalized spacial score (nSPS) is 24.4. The van der Waals surface area contributed by atoms with Crippen LogP contribution in [0, 0.1) is 17.8 Å². The molecule has 0 aromatic carbocycles. The summed E-state index contributed by atoms with van der Waals surface area (Å²) >= 11 is 0. The summed E-state index contributed by atoms with van der Waals surface area (Å²) in [6.45, 7) is 4.56. The molecule has 0 bridgehead atoms. The van der Waals surface area contributed by atoms with Crippen LogP contribution in [0.3, 0.4) is 0 Å². The number of carbonyl (C=O) groups excluding carboxylic acids is 1. The van der Waals surface area contributed by atoms with Gasteiger partial charge in [-0.1, -0.05) is 26.7 Å². The number of rotatable bonds is 7. The Kier molecular flexibility index (Phi) is 6.99. The first-order chi connectivity index (χ1) is 9.40. The summed E-state index contributed by atoms with van der Waals surface area (Å²) in [6.07, 6.45) is 4.82. The molecule has 2 unspecified atom stereocenters. The zero-order valence-corrected chi connectivity index (χ0v) is 12.6. The second-order valence-electron chi connectivity index (χ2n) is 6.39. The highest BCUT2D eigenvalue weighted by Gasteiger charge is 2.28. The van der Waals surface area contributed by atoms with Crippen LogP contribution in [0.4, 0.5) is 0 Å². The van der Waals surface area contributed by atoms with Crippen molar-refractivity contribution in [3.8, 4) is 0 Å². The monoisotopic (exact) mass is 284 g/mol. The lowest BCUT2D eigenvalue weighted by Crippen LogP contribution is -2.45. The number of carbonyl (C=O) groups is 2. The van der Waals surface area contributed by atoms with Gasteiger partial charge in [-0.05, 0) is 31.1 Å². The maximum atomic E-state index is 12.1. The Morgan fingerprint density at radius 3 is 2.50 bits per heavy atom. The maximum Gasteiger partial charge on any atom is 0.303 e. The lowest BCUT2D eigenvalue weighted by Gasteiger charge is -2.28. The lowest BCUT2D eigenvalue weighted by molar-refractivity contribution is -0.138. The molecule has 5 heteroatoms. The third-order valence-electron chi connectivity index (χ3n) is 3.99. The van der Waals surface area contributed by atoms with Crippen LogP contribution in [0.1, 0.15) is 52.4 Å². The topological polar surface area (TPSA) is 92.4 Å². The molecule has 1 rings (SSSR count). The smallest absolute Gasteiger partial charge is 0.303 e. The molecule has 1 aliphatic carbocycles. The Bertz CT molecular complexity index is 331. The van der Waals surface area contributed by atoms with Crippen molar-refractivity contribution in [2.24, 2.45) is 23.5 Å². The van der Waals surface area contributed by atoms with E-state index in [1.165, 1.54) is 0 Å². The highest BCUT2D eigenvalue weighted by Crippen LogP contribution is 2.23. The molecule has 0 spiro atoms. The minimum absolute atomic E-state index is 0.00338. The molecule has 1 amide bonds. The summed E-state index contributed by atoms with van der Waals surface area (Å²) in [6, 6.07) is -0.0493. The van der Waals surface area contributed by atoms with Gasteiger partial charge in [0, 0.05) is 19.0 Å². The van der Waals surface area contributed by atoms with Gasteiger partial charge < -0.3 is 16.2 Å². The summed E-state index contributed by atoms with van der Waals surface area (Å²) in [4.78, 5) is 23.0. The highest BCUT2D eigenvalue weighted by atomic mass is 16.4. The van der Waals surface area contributed by atoms with E-state index in [9.17, 15) is 9.59 Å². The Morgan fingerprint density at radius 1 is 1.30 bits per heavy atom. The maximum absolute atomic E-state index is 12.1. The lowest BCUT2D eigenvalue weighted by atomic mass is 9.84. The third kappa shape index (κ3) is 5.90. The van der Waals surface area contributed by atoms with Crippen LogP contribution >= 0.6 is 0 Å². The largest absolute Gasteiger partial charge is 0.481 e. The van der Waals surface area contributed by atoms with Gasteiger partial charge in [0.25, 0.3) is 0 Å². The van der Waals surface area contributed by atoms with Crippen molar-refractivity contribution >= 4 is 11.9 Å². The Hall–Kier alpha value is -1.10. The molecule has 1 saturated carbocycles. The predicted octanol–water partition coefficient (Wildman–Crippen LogP) is 1.76. The van der Waals surface area contributed by atoms with Gasteiger partial charge in [-0.3, -0.25) is 9.59 Å². The van der Waals surface area contributed by atoms with E-state index in [0.717, 1.165) is 32.1 Å². The average Bonchev–Trinajstić information content (AvgIpc) is 2.34. The van der Waals surface area contributed by atoms with Crippen LogP contribution in [0.5, 0.6) is 0 Å². The predicted molar refractivity (Wildman–Crippen MR) is 78.1 cm³/mol. The van der Waals surface area contributed by atoms with Crippen molar-refractivity contribution in [3.05, 3.63) is 0 Å². The van der Waals surface area contributed by atoms with Crippen molar-refractivity contribution in [1.29, 1.82) is 0 Å². The van der Waals surface area contributed by atoms with E-state index in [0.29, 0.717) is 12.5 Å². The summed E-state index contributed by atoms with van der Waals surface area (Å²) < 4.78 is 0. The molecule has 4 N–H and O–H groups in total. The fraction of sp³-hybridized carbons (Fsp3) is 0.867. The first kappa shape index (κ1) is 17.0. The molecule has 1 fully saturated rings. The number of nitrogens with one attached hydrogen (secondary N) is 1. The molecule has 0 heterocycles. The minimum Gasteiger partial charge on any atom is -0.481 e. The standard InChI is InChI=1S/C15H28N2O3/c1-10(2)7-11(8-14(18)19)9-17-15(20)12-5-3-4-6-13(12)16/h10-13H,3-9,16H2,1-2H3,(H,17,20)(H,18,19)/t11-,12?,13?/m0/s1. The van der Waals surface area contributed by atoms with E-state index in [1.54, 1.807) is 0 Å². The van der Waals surface area contributed by atoms with E-state index in [1.807, 2.05) is 0 Å². The quantitative estimate of drug-likeness (QED) is 0.664. The molecular formula is C15H28N2O3. The zero-order valence-electron chi connectivity index (χ0n) is 12.6. The van der Waals surface area contributed by atoms with Crippen molar-refractivity contribution in [2.75, 3.05) is 6.54 Å². The van der Waals surface area contributed by atoms with Crippen molar-refractivity contribution in [1.82, 2.24) is 5.32 Å². The van der Waals surface area contributed by atoms with E-state index in [-0.39, 0.29) is 30.2 Å². The molecule has 0 radical (unpaired) electrons. The van der Waals surface area contributed by atoms with Crippen molar-refractivity contribution in [3.63, 3.8) is 0 Å². The number of hydrogen-bond acceptors (Lipinski definition) is 3. The number of hydrogen-bond donors (Lipinski definition) is 3. The molecule has 0 aromatic heterocycles. The minimum atomic E-state index is -0.806. The Morgan fingerprint density at radius 2 is 1.95 bits per heavy atom. The molecule has 3 atom stereocenters. The van der Waals surface area contributed by atoms with Crippen LogP contribution in [-0.4, -0.2) is 29.6 Å². The van der Waals surface area contributed by atoms with Gasteiger partial charge in [0.05, 0.1) is 5.92 Å². The molecule has 0 aromatic rings. The SMILES string of the molecule is CC(C)C[C@H](CNC(=O)C1CCCCC1N)CC(=O)O. The molecular weight excluding hydrogens is 256 g/mol. The number of nitrogens with two attached hydrogens (primary N) is 1. The fourth-order valence-corrected chi connectivity index (χ4v) is 3.01. The fourth-order valence-electron chi connectivity index (χ4n) is 3.01. The van der Waals surface area contributed by atoms with Crippen LogP contribution < -0.4 is 11.1 Å². The van der Waals surface area contributed by atoms with Gasteiger partial charge in [0.1, 0.15) is 0 Å². The van der Waals surface area contributed by atoms with E-state index in [2.05, 4.69) is 19.2 Å². The van der Waals surface area contributed by atoms with Gasteiger partial charge in [-0.2, -0.15) is 0 Å². The number of carboxylic acid groups (broad SMARTS) is 1. The summed E-state index contributed by atoms with van der Waals surface area (Å²) in [5.74, 6) is -0.492. The second-order valence-corrected chi connectivity index (χ2v) is 6.39. The van der Waals surface area contributed by atoms with Gasteiger partial charge in [0.2, 0.25) is 5.91 Å². The summed E-state index contributed by atoms with van der Waals surface area (Å²) in [5.41, 5.74) is 5.99. The van der Waals surface area contributed by atoms with Gasteiger partial charge in [-0.25, -0.2) is 0 Å².